The number of benzene rings is 2. The second kappa shape index (κ2) is 8.87. The number of nitrogens with one attached hydrogen (secondary N) is 1. The van der Waals surface area contributed by atoms with E-state index in [1.54, 1.807) is 35.2 Å². The van der Waals surface area contributed by atoms with Crippen molar-refractivity contribution in [1.29, 1.82) is 0 Å². The molecule has 1 amide bonds. The van der Waals surface area contributed by atoms with Crippen LogP contribution in [-0.4, -0.2) is 46.6 Å². The fraction of sp³-hybridized carbons (Fsp3) is 0.318. The van der Waals surface area contributed by atoms with Gasteiger partial charge in [0.15, 0.2) is 6.61 Å². The number of aromatic nitrogens is 2. The van der Waals surface area contributed by atoms with Crippen LogP contribution in [0.5, 0.6) is 5.75 Å². The molecule has 150 valence electrons. The minimum atomic E-state index is -0.212. The summed E-state index contributed by atoms with van der Waals surface area (Å²) in [6.45, 7) is 1.25. The highest BCUT2D eigenvalue weighted by Crippen LogP contribution is 2.16. The van der Waals surface area contributed by atoms with Gasteiger partial charge < -0.3 is 19.4 Å². The maximum absolute atomic E-state index is 12.9. The van der Waals surface area contributed by atoms with Gasteiger partial charge in [0.05, 0.1) is 23.6 Å². The molecule has 2 aromatic carbocycles. The predicted molar refractivity (Wildman–Crippen MR) is 109 cm³/mol. The van der Waals surface area contributed by atoms with Crippen LogP contribution >= 0.6 is 0 Å². The predicted octanol–water partition coefficient (Wildman–Crippen LogP) is 2.51. The molecule has 0 bridgehead atoms. The molecule has 1 N–H and O–H groups in total. The van der Waals surface area contributed by atoms with Crippen molar-refractivity contribution in [3.8, 4) is 5.75 Å². The lowest BCUT2D eigenvalue weighted by atomic mass is 10.2. The number of amides is 1. The first-order valence-electron chi connectivity index (χ1n) is 9.74. The van der Waals surface area contributed by atoms with Crippen LogP contribution in [0.1, 0.15) is 18.7 Å². The monoisotopic (exact) mass is 393 g/mol. The van der Waals surface area contributed by atoms with Crippen molar-refractivity contribution >= 4 is 16.8 Å². The zero-order valence-electron chi connectivity index (χ0n) is 16.0. The Balaban J connectivity index is 1.51. The lowest BCUT2D eigenvalue weighted by Crippen LogP contribution is -2.40. The number of nitrogens with zero attached hydrogens (tertiary/aromatic N) is 2. The van der Waals surface area contributed by atoms with Gasteiger partial charge >= 0.3 is 0 Å². The molecule has 0 spiro atoms. The first-order chi connectivity index (χ1) is 14.2. The first kappa shape index (κ1) is 19.1. The standard InChI is InChI=1S/C22H23N3O4/c26-21(15-29-16-7-2-1-3-8-16)25(13-17-9-6-12-28-17)14-20-23-19-11-5-4-10-18(19)22(27)24-20/h1-5,7-8,10-11,17H,6,9,12-15H2,(H,23,24,27). The van der Waals surface area contributed by atoms with Gasteiger partial charge in [0, 0.05) is 13.2 Å². The van der Waals surface area contributed by atoms with Gasteiger partial charge in [-0.3, -0.25) is 9.59 Å². The summed E-state index contributed by atoms with van der Waals surface area (Å²) in [6.07, 6.45) is 1.88. The Bertz CT molecular complexity index is 1030. The maximum atomic E-state index is 12.9. The SMILES string of the molecule is O=C(COc1ccccc1)N(Cc1nc2ccccc2c(=O)[nH]1)CC1CCCO1. The van der Waals surface area contributed by atoms with E-state index in [0.717, 1.165) is 12.8 Å². The lowest BCUT2D eigenvalue weighted by Gasteiger charge is -2.25. The molecule has 0 aliphatic carbocycles. The van der Waals surface area contributed by atoms with E-state index in [2.05, 4.69) is 9.97 Å². The van der Waals surface area contributed by atoms with E-state index >= 15 is 0 Å². The second-order valence-electron chi connectivity index (χ2n) is 7.04. The van der Waals surface area contributed by atoms with E-state index in [9.17, 15) is 9.59 Å². The molecule has 7 heteroatoms. The molecule has 0 radical (unpaired) electrons. The number of carbonyl (C=O) groups is 1. The number of para-hydroxylation sites is 2. The van der Waals surface area contributed by atoms with Gasteiger partial charge in [-0.05, 0) is 37.1 Å². The Labute approximate surface area is 168 Å². The van der Waals surface area contributed by atoms with E-state index in [1.165, 1.54) is 0 Å². The summed E-state index contributed by atoms with van der Waals surface area (Å²) in [5.41, 5.74) is 0.395. The highest BCUT2D eigenvalue weighted by Gasteiger charge is 2.24. The van der Waals surface area contributed by atoms with Gasteiger partial charge in [-0.15, -0.1) is 0 Å². The second-order valence-corrected chi connectivity index (χ2v) is 7.04. The van der Waals surface area contributed by atoms with Crippen LogP contribution in [0.25, 0.3) is 10.9 Å². The molecule has 2 heterocycles. The van der Waals surface area contributed by atoms with Crippen LogP contribution in [0.3, 0.4) is 0 Å². The van der Waals surface area contributed by atoms with E-state index in [-0.39, 0.29) is 30.7 Å². The van der Waals surface area contributed by atoms with E-state index in [4.69, 9.17) is 9.47 Å². The van der Waals surface area contributed by atoms with E-state index in [0.29, 0.717) is 35.6 Å². The molecule has 3 aromatic rings. The number of rotatable bonds is 7. The van der Waals surface area contributed by atoms with E-state index < -0.39 is 0 Å². The van der Waals surface area contributed by atoms with Crippen molar-refractivity contribution in [3.05, 3.63) is 70.8 Å². The van der Waals surface area contributed by atoms with Crippen molar-refractivity contribution in [2.45, 2.75) is 25.5 Å². The average molecular weight is 393 g/mol. The number of hydrogen-bond acceptors (Lipinski definition) is 5. The number of H-pyrrole nitrogens is 1. The highest BCUT2D eigenvalue weighted by atomic mass is 16.5. The van der Waals surface area contributed by atoms with Gasteiger partial charge in [0.2, 0.25) is 0 Å². The van der Waals surface area contributed by atoms with Gasteiger partial charge in [0.1, 0.15) is 11.6 Å². The fourth-order valence-corrected chi connectivity index (χ4v) is 3.43. The number of ether oxygens (including phenoxy) is 2. The minimum absolute atomic E-state index is 0.0112. The number of hydrogen-bond donors (Lipinski definition) is 1. The average Bonchev–Trinajstić information content (AvgIpc) is 3.25. The number of aromatic amines is 1. The molecule has 29 heavy (non-hydrogen) atoms. The smallest absolute Gasteiger partial charge is 0.261 e. The van der Waals surface area contributed by atoms with Gasteiger partial charge in [-0.25, -0.2) is 4.98 Å². The summed E-state index contributed by atoms with van der Waals surface area (Å²) in [5, 5.41) is 0.528. The van der Waals surface area contributed by atoms with Crippen LogP contribution in [-0.2, 0) is 16.1 Å². The third-order valence-corrected chi connectivity index (χ3v) is 4.91. The Morgan fingerprint density at radius 2 is 1.97 bits per heavy atom. The Morgan fingerprint density at radius 3 is 2.76 bits per heavy atom. The van der Waals surface area contributed by atoms with Gasteiger partial charge in [-0.1, -0.05) is 30.3 Å². The number of carbonyl (C=O) groups excluding carboxylic acids is 1. The van der Waals surface area contributed by atoms with Crippen LogP contribution in [0, 0.1) is 0 Å². The summed E-state index contributed by atoms with van der Waals surface area (Å²) < 4.78 is 11.3. The fourth-order valence-electron chi connectivity index (χ4n) is 3.43. The Morgan fingerprint density at radius 1 is 1.17 bits per heavy atom. The minimum Gasteiger partial charge on any atom is -0.484 e. The van der Waals surface area contributed by atoms with Crippen LogP contribution in [0.15, 0.2) is 59.4 Å². The molecule has 1 aromatic heterocycles. The van der Waals surface area contributed by atoms with Crippen molar-refractivity contribution in [2.24, 2.45) is 0 Å². The lowest BCUT2D eigenvalue weighted by molar-refractivity contribution is -0.135. The number of fused-ring (bicyclic) bond motifs is 1. The van der Waals surface area contributed by atoms with Crippen LogP contribution in [0.2, 0.25) is 0 Å². The quantitative estimate of drug-likeness (QED) is 0.667. The first-order valence-corrected chi connectivity index (χ1v) is 9.74. The summed E-state index contributed by atoms with van der Waals surface area (Å²) >= 11 is 0. The molecule has 1 unspecified atom stereocenters. The van der Waals surface area contributed by atoms with E-state index in [1.807, 2.05) is 24.3 Å². The van der Waals surface area contributed by atoms with Crippen LogP contribution < -0.4 is 10.3 Å². The van der Waals surface area contributed by atoms with Crippen LogP contribution in [0.4, 0.5) is 0 Å². The maximum Gasteiger partial charge on any atom is 0.261 e. The molecule has 7 nitrogen and oxygen atoms in total. The Kier molecular flexibility index (Phi) is 5.86. The molecule has 1 fully saturated rings. The molecule has 1 saturated heterocycles. The molecular weight excluding hydrogens is 370 g/mol. The van der Waals surface area contributed by atoms with Gasteiger partial charge in [-0.2, -0.15) is 0 Å². The molecule has 4 rings (SSSR count). The third kappa shape index (κ3) is 4.81. The van der Waals surface area contributed by atoms with Crippen molar-refractivity contribution in [2.75, 3.05) is 19.8 Å². The zero-order chi connectivity index (χ0) is 20.1. The molecule has 0 saturated carbocycles. The van der Waals surface area contributed by atoms with Crippen molar-refractivity contribution < 1.29 is 14.3 Å². The molecule has 1 aliphatic heterocycles. The molecule has 1 aliphatic rings. The van der Waals surface area contributed by atoms with Gasteiger partial charge in [0.25, 0.3) is 11.5 Å². The summed E-state index contributed by atoms with van der Waals surface area (Å²) in [6, 6.07) is 16.4. The summed E-state index contributed by atoms with van der Waals surface area (Å²) in [7, 11) is 0. The summed E-state index contributed by atoms with van der Waals surface area (Å²) in [4.78, 5) is 34.2. The van der Waals surface area contributed by atoms with Crippen molar-refractivity contribution in [3.63, 3.8) is 0 Å². The Hall–Kier alpha value is -3.19. The molecule has 1 atom stereocenters. The largest absolute Gasteiger partial charge is 0.484 e. The normalized spacial score (nSPS) is 16.1. The highest BCUT2D eigenvalue weighted by molar-refractivity contribution is 5.78. The molecular formula is C22H23N3O4. The zero-order valence-corrected chi connectivity index (χ0v) is 16.0. The third-order valence-electron chi connectivity index (χ3n) is 4.91. The van der Waals surface area contributed by atoms with Crippen molar-refractivity contribution in [1.82, 2.24) is 14.9 Å². The summed E-state index contributed by atoms with van der Waals surface area (Å²) in [5.74, 6) is 0.898. The topological polar surface area (TPSA) is 84.5 Å².